The minimum Gasteiger partial charge on any atom is -0.323 e. The largest absolute Gasteiger partial charge is 0.323 e. The molecule has 88 valence electrons. The first-order valence-corrected chi connectivity index (χ1v) is 5.78. The highest BCUT2D eigenvalue weighted by Crippen LogP contribution is 2.37. The molecule has 17 heavy (non-hydrogen) atoms. The second-order valence-corrected chi connectivity index (χ2v) is 4.56. The number of aromatic nitrogens is 1. The van der Waals surface area contributed by atoms with Crippen LogP contribution in [0.2, 0.25) is 5.15 Å². The number of nitriles is 1. The first-order valence-electron chi connectivity index (χ1n) is 5.41. The first kappa shape index (κ1) is 11.9. The van der Waals surface area contributed by atoms with Crippen molar-refractivity contribution in [1.82, 2.24) is 9.88 Å². The van der Waals surface area contributed by atoms with Crippen molar-refractivity contribution in [3.63, 3.8) is 0 Å². The van der Waals surface area contributed by atoms with Crippen molar-refractivity contribution in [2.45, 2.75) is 24.8 Å². The van der Waals surface area contributed by atoms with Crippen LogP contribution in [0.25, 0.3) is 0 Å². The van der Waals surface area contributed by atoms with E-state index in [0.29, 0.717) is 5.56 Å². The molecule has 4 nitrogen and oxygen atoms in total. The smallest absolute Gasteiger partial charge is 0.258 e. The second kappa shape index (κ2) is 4.34. The van der Waals surface area contributed by atoms with Gasteiger partial charge in [-0.15, -0.1) is 0 Å². The van der Waals surface area contributed by atoms with Crippen LogP contribution in [0.15, 0.2) is 18.3 Å². The van der Waals surface area contributed by atoms with Gasteiger partial charge in [0.2, 0.25) is 0 Å². The van der Waals surface area contributed by atoms with Crippen LogP contribution in [-0.2, 0) is 0 Å². The molecule has 1 amide bonds. The molecular weight excluding hydrogens is 238 g/mol. The summed E-state index contributed by atoms with van der Waals surface area (Å²) in [7, 11) is 1.65. The molecule has 0 radical (unpaired) electrons. The fourth-order valence-corrected chi connectivity index (χ4v) is 2.15. The van der Waals surface area contributed by atoms with Crippen molar-refractivity contribution in [2.24, 2.45) is 0 Å². The Kier molecular flexibility index (Phi) is 3.03. The molecule has 0 saturated heterocycles. The van der Waals surface area contributed by atoms with Crippen molar-refractivity contribution in [1.29, 1.82) is 5.26 Å². The molecule has 0 bridgehead atoms. The molecule has 0 N–H and O–H groups in total. The van der Waals surface area contributed by atoms with E-state index in [2.05, 4.69) is 11.1 Å². The molecule has 1 aromatic heterocycles. The van der Waals surface area contributed by atoms with Gasteiger partial charge in [0.05, 0.1) is 11.6 Å². The van der Waals surface area contributed by atoms with E-state index >= 15 is 0 Å². The summed E-state index contributed by atoms with van der Waals surface area (Å²) in [6, 6.07) is 5.51. The highest BCUT2D eigenvalue weighted by Gasteiger charge is 2.43. The second-order valence-electron chi connectivity index (χ2n) is 4.20. The maximum atomic E-state index is 12.2. The van der Waals surface area contributed by atoms with E-state index in [9.17, 15) is 10.1 Å². The zero-order valence-corrected chi connectivity index (χ0v) is 10.2. The zero-order valence-electron chi connectivity index (χ0n) is 9.48. The van der Waals surface area contributed by atoms with Gasteiger partial charge in [0.25, 0.3) is 5.91 Å². The van der Waals surface area contributed by atoms with Crippen LogP contribution in [0, 0.1) is 11.3 Å². The maximum absolute atomic E-state index is 12.2. The van der Waals surface area contributed by atoms with E-state index < -0.39 is 5.54 Å². The summed E-state index contributed by atoms with van der Waals surface area (Å²) in [4.78, 5) is 17.6. The fourth-order valence-electron chi connectivity index (χ4n) is 1.95. The van der Waals surface area contributed by atoms with Crippen LogP contribution >= 0.6 is 11.6 Å². The molecule has 1 aromatic rings. The van der Waals surface area contributed by atoms with Gasteiger partial charge < -0.3 is 4.90 Å². The van der Waals surface area contributed by atoms with Gasteiger partial charge in [0.1, 0.15) is 10.7 Å². The molecule has 0 aliphatic heterocycles. The Morgan fingerprint density at radius 3 is 2.82 bits per heavy atom. The normalized spacial score (nSPS) is 16.8. The molecule has 5 heteroatoms. The van der Waals surface area contributed by atoms with Crippen molar-refractivity contribution in [2.75, 3.05) is 7.05 Å². The van der Waals surface area contributed by atoms with Crippen LogP contribution in [0.5, 0.6) is 0 Å². The van der Waals surface area contributed by atoms with E-state index in [4.69, 9.17) is 11.6 Å². The van der Waals surface area contributed by atoms with Gasteiger partial charge in [0.15, 0.2) is 0 Å². The summed E-state index contributed by atoms with van der Waals surface area (Å²) in [5, 5.41) is 9.36. The van der Waals surface area contributed by atoms with Gasteiger partial charge in [-0.3, -0.25) is 4.79 Å². The number of pyridine rings is 1. The Hall–Kier alpha value is -1.60. The topological polar surface area (TPSA) is 57.0 Å². The molecule has 1 aliphatic carbocycles. The van der Waals surface area contributed by atoms with Crippen molar-refractivity contribution in [3.8, 4) is 6.07 Å². The van der Waals surface area contributed by atoms with Crippen LogP contribution < -0.4 is 0 Å². The van der Waals surface area contributed by atoms with E-state index in [1.54, 1.807) is 19.2 Å². The summed E-state index contributed by atoms with van der Waals surface area (Å²) in [5.41, 5.74) is -0.311. The lowest BCUT2D eigenvalue weighted by Crippen LogP contribution is -2.53. The van der Waals surface area contributed by atoms with Crippen LogP contribution in [0.1, 0.15) is 29.6 Å². The number of halogens is 1. The quantitative estimate of drug-likeness (QED) is 0.756. The van der Waals surface area contributed by atoms with Gasteiger partial charge >= 0.3 is 0 Å². The summed E-state index contributed by atoms with van der Waals surface area (Å²) in [5.74, 6) is -0.246. The summed E-state index contributed by atoms with van der Waals surface area (Å²) in [6.45, 7) is 0. The monoisotopic (exact) mass is 249 g/mol. The van der Waals surface area contributed by atoms with Crippen molar-refractivity contribution in [3.05, 3.63) is 29.0 Å². The standard InChI is InChI=1S/C12H12ClN3O/c1-16(12(8-14)5-3-6-12)11(17)9-4-2-7-15-10(9)13/h2,4,7H,3,5-6H2,1H3. The Balaban J connectivity index is 2.27. The number of hydrogen-bond acceptors (Lipinski definition) is 3. The highest BCUT2D eigenvalue weighted by atomic mass is 35.5. The number of carbonyl (C=O) groups is 1. The van der Waals surface area contributed by atoms with Crippen molar-refractivity contribution < 1.29 is 4.79 Å². The summed E-state index contributed by atoms with van der Waals surface area (Å²) >= 11 is 5.88. The number of nitrogens with zero attached hydrogens (tertiary/aromatic N) is 3. The minimum absolute atomic E-state index is 0.178. The van der Waals surface area contributed by atoms with E-state index in [-0.39, 0.29) is 11.1 Å². The lowest BCUT2D eigenvalue weighted by molar-refractivity contribution is 0.0497. The fraction of sp³-hybridized carbons (Fsp3) is 0.417. The van der Waals surface area contributed by atoms with Gasteiger partial charge in [-0.25, -0.2) is 4.98 Å². The summed E-state index contributed by atoms with van der Waals surface area (Å²) in [6.07, 6.45) is 3.96. The van der Waals surface area contributed by atoms with Gasteiger partial charge in [-0.05, 0) is 31.4 Å². The Labute approximate surface area is 105 Å². The number of rotatable bonds is 2. The minimum atomic E-state index is -0.656. The first-order chi connectivity index (χ1) is 8.10. The van der Waals surface area contributed by atoms with Crippen molar-refractivity contribution >= 4 is 17.5 Å². The van der Waals surface area contributed by atoms with Crippen LogP contribution in [-0.4, -0.2) is 28.4 Å². The number of hydrogen-bond donors (Lipinski definition) is 0. The molecule has 0 aromatic carbocycles. The third kappa shape index (κ3) is 1.87. The molecular formula is C12H12ClN3O. The Morgan fingerprint density at radius 1 is 1.65 bits per heavy atom. The third-order valence-electron chi connectivity index (χ3n) is 3.33. The maximum Gasteiger partial charge on any atom is 0.258 e. The molecule has 1 saturated carbocycles. The summed E-state index contributed by atoms with van der Waals surface area (Å²) < 4.78 is 0. The van der Waals surface area contributed by atoms with Crippen LogP contribution in [0.3, 0.4) is 0 Å². The zero-order chi connectivity index (χ0) is 12.5. The molecule has 2 rings (SSSR count). The molecule has 1 aliphatic rings. The molecule has 1 heterocycles. The Morgan fingerprint density at radius 2 is 2.35 bits per heavy atom. The van der Waals surface area contributed by atoms with Gasteiger partial charge in [0, 0.05) is 13.2 Å². The molecule has 0 spiro atoms. The van der Waals surface area contributed by atoms with E-state index in [1.807, 2.05) is 0 Å². The SMILES string of the molecule is CN(C(=O)c1cccnc1Cl)C1(C#N)CCC1. The molecule has 1 fully saturated rings. The van der Waals surface area contributed by atoms with E-state index in [0.717, 1.165) is 19.3 Å². The number of carbonyl (C=O) groups excluding carboxylic acids is 1. The van der Waals surface area contributed by atoms with Crippen LogP contribution in [0.4, 0.5) is 0 Å². The molecule has 0 unspecified atom stereocenters. The average Bonchev–Trinajstić information content (AvgIpc) is 2.28. The lowest BCUT2D eigenvalue weighted by atomic mass is 9.76. The van der Waals surface area contributed by atoms with E-state index in [1.165, 1.54) is 11.1 Å². The predicted molar refractivity (Wildman–Crippen MR) is 63.5 cm³/mol. The third-order valence-corrected chi connectivity index (χ3v) is 3.63. The average molecular weight is 250 g/mol. The molecule has 0 atom stereocenters. The van der Waals surface area contributed by atoms with Gasteiger partial charge in [-0.1, -0.05) is 11.6 Å². The predicted octanol–water partition coefficient (Wildman–Crippen LogP) is 2.25. The lowest BCUT2D eigenvalue weighted by Gasteiger charge is -2.42. The highest BCUT2D eigenvalue weighted by molar-refractivity contribution is 6.32. The van der Waals surface area contributed by atoms with Gasteiger partial charge in [-0.2, -0.15) is 5.26 Å². The Bertz CT molecular complexity index is 491. The number of amides is 1.